The van der Waals surface area contributed by atoms with Gasteiger partial charge in [-0.05, 0) is 30.3 Å². The van der Waals surface area contributed by atoms with Gasteiger partial charge < -0.3 is 4.57 Å². The van der Waals surface area contributed by atoms with Crippen LogP contribution in [0.3, 0.4) is 0 Å². The zero-order chi connectivity index (χ0) is 20.5. The highest BCUT2D eigenvalue weighted by molar-refractivity contribution is 6.39. The maximum atomic E-state index is 13.6. The minimum Gasteiger partial charge on any atom is -0.333 e. The molecule has 2 heterocycles. The van der Waals surface area contributed by atoms with E-state index in [-0.39, 0.29) is 17.8 Å². The van der Waals surface area contributed by atoms with Crippen molar-refractivity contribution in [1.82, 2.24) is 9.88 Å². The molecule has 1 aromatic heterocycles. The van der Waals surface area contributed by atoms with Crippen molar-refractivity contribution in [2.45, 2.75) is 6.54 Å². The van der Waals surface area contributed by atoms with Gasteiger partial charge in [0.25, 0.3) is 11.8 Å². The van der Waals surface area contributed by atoms with Gasteiger partial charge in [-0.3, -0.25) is 14.9 Å². The summed E-state index contributed by atoms with van der Waals surface area (Å²) < 4.78 is 15.3. The van der Waals surface area contributed by atoms with E-state index in [9.17, 15) is 18.8 Å². The number of imide groups is 2. The second-order valence-corrected chi connectivity index (χ2v) is 6.33. The van der Waals surface area contributed by atoms with Crippen LogP contribution in [-0.2, 0) is 16.1 Å². The zero-order valence-corrected chi connectivity index (χ0v) is 14.9. The maximum Gasteiger partial charge on any atom is 0.335 e. The van der Waals surface area contributed by atoms with Crippen molar-refractivity contribution in [3.8, 4) is 6.07 Å². The van der Waals surface area contributed by atoms with Gasteiger partial charge >= 0.3 is 6.03 Å². The lowest BCUT2D eigenvalue weighted by Gasteiger charge is -2.26. The second-order valence-electron chi connectivity index (χ2n) is 6.33. The minimum absolute atomic E-state index is 0.0119. The molecule has 0 bridgehead atoms. The zero-order valence-electron chi connectivity index (χ0n) is 14.9. The number of benzene rings is 2. The third-order valence-electron chi connectivity index (χ3n) is 4.53. The molecule has 0 spiro atoms. The Bertz CT molecular complexity index is 1250. The Balaban J connectivity index is 1.82. The average molecular weight is 388 g/mol. The first-order valence-corrected chi connectivity index (χ1v) is 8.61. The number of nitriles is 1. The lowest BCUT2D eigenvalue weighted by atomic mass is 10.1. The molecule has 1 saturated heterocycles. The normalized spacial score (nSPS) is 15.7. The van der Waals surface area contributed by atoms with E-state index in [0.29, 0.717) is 10.5 Å². The molecule has 142 valence electrons. The van der Waals surface area contributed by atoms with Crippen LogP contribution in [0.5, 0.6) is 0 Å². The van der Waals surface area contributed by atoms with E-state index in [1.807, 2.05) is 12.1 Å². The summed E-state index contributed by atoms with van der Waals surface area (Å²) in [6.07, 6.45) is 3.02. The first-order valence-electron chi connectivity index (χ1n) is 8.61. The summed E-state index contributed by atoms with van der Waals surface area (Å²) in [5, 5.41) is 11.9. The van der Waals surface area contributed by atoms with Crippen molar-refractivity contribution in [3.05, 3.63) is 71.7 Å². The van der Waals surface area contributed by atoms with Gasteiger partial charge in [-0.1, -0.05) is 24.3 Å². The molecule has 7 nitrogen and oxygen atoms in total. The number of rotatable bonds is 3. The molecule has 4 amide bonds. The van der Waals surface area contributed by atoms with Gasteiger partial charge in [-0.25, -0.2) is 14.1 Å². The van der Waals surface area contributed by atoms with E-state index in [1.165, 1.54) is 24.3 Å². The number of hydrogen-bond donors (Lipinski definition) is 1. The van der Waals surface area contributed by atoms with E-state index >= 15 is 0 Å². The van der Waals surface area contributed by atoms with Crippen LogP contribution in [0, 0.1) is 17.1 Å². The van der Waals surface area contributed by atoms with Gasteiger partial charge in [0, 0.05) is 22.7 Å². The van der Waals surface area contributed by atoms with E-state index in [0.717, 1.165) is 17.0 Å². The van der Waals surface area contributed by atoms with E-state index in [1.54, 1.807) is 22.9 Å². The molecule has 0 atom stereocenters. The van der Waals surface area contributed by atoms with Crippen LogP contribution < -0.4 is 10.2 Å². The minimum atomic E-state index is -0.949. The number of barbiturate groups is 1. The molecule has 1 fully saturated rings. The Labute approximate surface area is 164 Å². The highest BCUT2D eigenvalue weighted by Crippen LogP contribution is 2.26. The van der Waals surface area contributed by atoms with Crippen LogP contribution in [0.4, 0.5) is 14.9 Å². The van der Waals surface area contributed by atoms with Crippen LogP contribution in [0.2, 0.25) is 0 Å². The van der Waals surface area contributed by atoms with Gasteiger partial charge in [0.15, 0.2) is 0 Å². The third-order valence-corrected chi connectivity index (χ3v) is 4.53. The van der Waals surface area contributed by atoms with Crippen molar-refractivity contribution < 1.29 is 18.8 Å². The van der Waals surface area contributed by atoms with Crippen LogP contribution in [-0.4, -0.2) is 22.4 Å². The van der Waals surface area contributed by atoms with Crippen LogP contribution >= 0.6 is 0 Å². The molecule has 0 saturated carbocycles. The molecular weight excluding hydrogens is 375 g/mol. The Hall–Kier alpha value is -4.25. The summed E-state index contributed by atoms with van der Waals surface area (Å²) in [4.78, 5) is 38.2. The molecule has 0 radical (unpaired) electrons. The van der Waals surface area contributed by atoms with Crippen molar-refractivity contribution in [2.24, 2.45) is 0 Å². The predicted molar refractivity (Wildman–Crippen MR) is 103 cm³/mol. The van der Waals surface area contributed by atoms with E-state index < -0.39 is 23.7 Å². The molecule has 4 rings (SSSR count). The van der Waals surface area contributed by atoms with Crippen molar-refractivity contribution in [2.75, 3.05) is 4.90 Å². The number of halogens is 1. The summed E-state index contributed by atoms with van der Waals surface area (Å²) in [5.41, 5.74) is 1.05. The third kappa shape index (κ3) is 3.15. The number of nitrogens with one attached hydrogen (secondary N) is 1. The Morgan fingerprint density at radius 1 is 1.10 bits per heavy atom. The lowest BCUT2D eigenvalue weighted by molar-refractivity contribution is -0.122. The predicted octanol–water partition coefficient (Wildman–Crippen LogP) is 2.97. The molecule has 8 heteroatoms. The number of fused-ring (bicyclic) bond motifs is 1. The molecular formula is C21H13FN4O3. The van der Waals surface area contributed by atoms with Crippen molar-refractivity contribution in [3.63, 3.8) is 0 Å². The maximum absolute atomic E-state index is 13.6. The topological polar surface area (TPSA) is 95.2 Å². The van der Waals surface area contributed by atoms with Crippen LogP contribution in [0.15, 0.2) is 60.3 Å². The lowest BCUT2D eigenvalue weighted by Crippen LogP contribution is -2.54. The number of carbonyl (C=O) groups excluding carboxylic acids is 3. The van der Waals surface area contributed by atoms with Gasteiger partial charge in [0.2, 0.25) is 0 Å². The number of anilines is 1. The summed E-state index contributed by atoms with van der Waals surface area (Å²) in [7, 11) is 0. The first kappa shape index (κ1) is 18.1. The Kier molecular flexibility index (Phi) is 4.41. The standard InChI is InChI=1S/C21H13FN4O3/c22-14-4-3-5-15(11-14)26-20(28)17(19(27)24-21(26)29)10-13-12-25(9-8-23)18-7-2-1-6-16(13)18/h1-7,10-12H,9H2,(H,24,27,29). The molecule has 1 aliphatic rings. The van der Waals surface area contributed by atoms with Gasteiger partial charge in [-0.2, -0.15) is 5.26 Å². The number of carbonyl (C=O) groups is 3. The van der Waals surface area contributed by atoms with Gasteiger partial charge in [0.1, 0.15) is 17.9 Å². The quantitative estimate of drug-likeness (QED) is 0.551. The van der Waals surface area contributed by atoms with Crippen LogP contribution in [0.1, 0.15) is 5.56 Å². The summed E-state index contributed by atoms with van der Waals surface area (Å²) >= 11 is 0. The number of para-hydroxylation sites is 1. The molecule has 2 aromatic carbocycles. The summed E-state index contributed by atoms with van der Waals surface area (Å²) in [5.74, 6) is -2.32. The largest absolute Gasteiger partial charge is 0.335 e. The molecule has 29 heavy (non-hydrogen) atoms. The molecule has 0 aliphatic carbocycles. The number of hydrogen-bond acceptors (Lipinski definition) is 4. The fourth-order valence-electron chi connectivity index (χ4n) is 3.26. The molecule has 1 N–H and O–H groups in total. The van der Waals surface area contributed by atoms with Crippen molar-refractivity contribution >= 4 is 40.5 Å². The summed E-state index contributed by atoms with van der Waals surface area (Å²) in [6, 6.07) is 13.3. The highest BCUT2D eigenvalue weighted by Gasteiger charge is 2.37. The average Bonchev–Trinajstić information content (AvgIpc) is 3.03. The molecule has 1 aliphatic heterocycles. The number of urea groups is 1. The van der Waals surface area contributed by atoms with E-state index in [4.69, 9.17) is 5.26 Å². The molecule has 3 aromatic rings. The first-order chi connectivity index (χ1) is 14.0. The fourth-order valence-corrected chi connectivity index (χ4v) is 3.26. The fraction of sp³-hybridized carbons (Fsp3) is 0.0476. The number of nitrogens with zero attached hydrogens (tertiary/aromatic N) is 3. The van der Waals surface area contributed by atoms with E-state index in [2.05, 4.69) is 11.4 Å². The smallest absolute Gasteiger partial charge is 0.333 e. The number of aromatic nitrogens is 1. The van der Waals surface area contributed by atoms with Gasteiger partial charge in [0.05, 0.1) is 11.8 Å². The molecule has 0 unspecified atom stereocenters. The monoisotopic (exact) mass is 388 g/mol. The highest BCUT2D eigenvalue weighted by atomic mass is 19.1. The van der Waals surface area contributed by atoms with Crippen molar-refractivity contribution in [1.29, 1.82) is 5.26 Å². The Morgan fingerprint density at radius 3 is 2.66 bits per heavy atom. The second kappa shape index (κ2) is 7.05. The van der Waals surface area contributed by atoms with Gasteiger partial charge in [-0.15, -0.1) is 0 Å². The number of amides is 4. The summed E-state index contributed by atoms with van der Waals surface area (Å²) in [6.45, 7) is 0.0950. The SMILES string of the molecule is N#CCn1cc(C=C2C(=O)NC(=O)N(c3cccc(F)c3)C2=O)c2ccccc21. The Morgan fingerprint density at radius 2 is 1.90 bits per heavy atom. The van der Waals surface area contributed by atoms with Crippen LogP contribution in [0.25, 0.3) is 17.0 Å².